The van der Waals surface area contributed by atoms with Crippen molar-refractivity contribution < 1.29 is 14.3 Å². The molecule has 36 heavy (non-hydrogen) atoms. The van der Waals surface area contributed by atoms with Crippen molar-refractivity contribution in [2.45, 2.75) is 32.1 Å². The van der Waals surface area contributed by atoms with Gasteiger partial charge in [-0.3, -0.25) is 15.1 Å². The van der Waals surface area contributed by atoms with Crippen LogP contribution in [0.5, 0.6) is 0 Å². The molecule has 2 aliphatic rings. The van der Waals surface area contributed by atoms with E-state index in [-0.39, 0.29) is 23.0 Å². The number of amidine groups is 1. The van der Waals surface area contributed by atoms with Crippen molar-refractivity contribution >= 4 is 46.3 Å². The van der Waals surface area contributed by atoms with Crippen LogP contribution < -0.4 is 4.90 Å². The number of aryl methyl sites for hydroxylation is 1. The van der Waals surface area contributed by atoms with E-state index in [1.165, 1.54) is 12.1 Å². The van der Waals surface area contributed by atoms with Crippen LogP contribution in [-0.4, -0.2) is 16.7 Å². The molecule has 0 spiro atoms. The molecule has 3 aromatic rings. The van der Waals surface area contributed by atoms with Gasteiger partial charge in [0.1, 0.15) is 17.4 Å². The van der Waals surface area contributed by atoms with Gasteiger partial charge in [0.2, 0.25) is 0 Å². The average molecular weight is 521 g/mol. The molecule has 4 nitrogen and oxygen atoms in total. The summed E-state index contributed by atoms with van der Waals surface area (Å²) in [6.45, 7) is 1.95. The van der Waals surface area contributed by atoms with Crippen molar-refractivity contribution in [3.8, 4) is 0 Å². The molecule has 1 atom stereocenters. The predicted octanol–water partition coefficient (Wildman–Crippen LogP) is 8.00. The Bertz CT molecular complexity index is 1440. The lowest BCUT2D eigenvalue weighted by Gasteiger charge is -2.41. The summed E-state index contributed by atoms with van der Waals surface area (Å²) in [5, 5.41) is 21.6. The lowest BCUT2D eigenvalue weighted by atomic mass is 9.73. The molecule has 0 amide bonds. The number of aliphatic hydroxyl groups is 1. The number of carbonyl (C=O) groups is 1. The molecule has 1 heterocycles. The van der Waals surface area contributed by atoms with Gasteiger partial charge in [-0.15, -0.1) is 0 Å². The van der Waals surface area contributed by atoms with E-state index in [9.17, 15) is 19.7 Å². The van der Waals surface area contributed by atoms with Crippen LogP contribution in [0.1, 0.15) is 41.9 Å². The molecule has 0 aromatic heterocycles. The fourth-order valence-corrected chi connectivity index (χ4v) is 5.25. The number of hydrogen-bond donors (Lipinski definition) is 2. The first kappa shape index (κ1) is 24.3. The smallest absolute Gasteiger partial charge is 0.161 e. The molecular formula is C29H23Cl2FN2O2. The molecular weight excluding hydrogens is 498 g/mol. The fraction of sp³-hybridized carbons (Fsp3) is 0.172. The fourth-order valence-electron chi connectivity index (χ4n) is 4.96. The van der Waals surface area contributed by atoms with Gasteiger partial charge in [-0.05, 0) is 55.7 Å². The summed E-state index contributed by atoms with van der Waals surface area (Å²) in [5.74, 6) is -1.27. The SMILES string of the molecule is Cc1ccc(/C(O)=C2\C(=N)N(c3ccc(Cl)c(Cl)c3)C3=C(C(=O)CCC3)C2c2ccc(F)cc2)cc1. The largest absolute Gasteiger partial charge is 0.507 e. The number of benzene rings is 3. The van der Waals surface area contributed by atoms with Gasteiger partial charge < -0.3 is 5.11 Å². The van der Waals surface area contributed by atoms with Crippen LogP contribution in [-0.2, 0) is 4.79 Å². The number of Topliss-reactive ketones (excluding diaryl/α,β-unsaturated/α-hetero) is 1. The number of rotatable bonds is 3. The highest BCUT2D eigenvalue weighted by Gasteiger charge is 2.43. The molecule has 0 saturated carbocycles. The summed E-state index contributed by atoms with van der Waals surface area (Å²) in [4.78, 5) is 15.1. The number of aliphatic hydroxyl groups excluding tert-OH is 1. The number of allylic oxidation sites excluding steroid dienone is 2. The quantitative estimate of drug-likeness (QED) is 0.343. The standard InChI is InChI=1S/C29H23Cl2FN2O2/c1-16-5-7-18(8-6-16)28(36)27-25(17-9-11-19(32)12-10-17)26-23(3-2-4-24(26)35)34(29(27)33)20-13-14-21(30)22(31)15-20/h5-15,25,33,36H,2-4H2,1H3/b28-27+,33-29?. The third kappa shape index (κ3) is 4.23. The molecule has 1 aliphatic heterocycles. The number of hydrogen-bond acceptors (Lipinski definition) is 3. The Balaban J connectivity index is 1.82. The number of nitrogens with zero attached hydrogens (tertiary/aromatic N) is 1. The summed E-state index contributed by atoms with van der Waals surface area (Å²) in [6, 6.07) is 18.2. The van der Waals surface area contributed by atoms with Gasteiger partial charge in [0, 0.05) is 40.4 Å². The number of carbonyl (C=O) groups excluding carboxylic acids is 1. The zero-order valence-electron chi connectivity index (χ0n) is 19.5. The second-order valence-electron chi connectivity index (χ2n) is 9.03. The second-order valence-corrected chi connectivity index (χ2v) is 9.85. The maximum Gasteiger partial charge on any atom is 0.161 e. The average Bonchev–Trinajstić information content (AvgIpc) is 2.86. The maximum absolute atomic E-state index is 13.8. The third-order valence-electron chi connectivity index (χ3n) is 6.70. The van der Waals surface area contributed by atoms with Gasteiger partial charge in [-0.1, -0.05) is 65.2 Å². The molecule has 182 valence electrons. The Hall–Kier alpha value is -3.41. The molecule has 0 bridgehead atoms. The van der Waals surface area contributed by atoms with Gasteiger partial charge >= 0.3 is 0 Å². The summed E-state index contributed by atoms with van der Waals surface area (Å²) < 4.78 is 13.8. The topological polar surface area (TPSA) is 64.4 Å². The van der Waals surface area contributed by atoms with Crippen LogP contribution in [0.4, 0.5) is 10.1 Å². The zero-order chi connectivity index (χ0) is 25.6. The van der Waals surface area contributed by atoms with E-state index in [4.69, 9.17) is 23.2 Å². The second kappa shape index (κ2) is 9.57. The minimum atomic E-state index is -0.721. The Kier molecular flexibility index (Phi) is 6.45. The summed E-state index contributed by atoms with van der Waals surface area (Å²) in [6.07, 6.45) is 1.57. The molecule has 3 aromatic carbocycles. The maximum atomic E-state index is 13.8. The summed E-state index contributed by atoms with van der Waals surface area (Å²) in [5.41, 5.74) is 4.21. The van der Waals surface area contributed by atoms with Gasteiger partial charge in [0.15, 0.2) is 5.78 Å². The van der Waals surface area contributed by atoms with E-state index >= 15 is 0 Å². The van der Waals surface area contributed by atoms with Crippen LogP contribution >= 0.6 is 23.2 Å². The third-order valence-corrected chi connectivity index (χ3v) is 7.44. The van der Waals surface area contributed by atoms with E-state index in [2.05, 4.69) is 0 Å². The molecule has 5 rings (SSSR count). The van der Waals surface area contributed by atoms with Crippen molar-refractivity contribution in [3.63, 3.8) is 0 Å². The summed E-state index contributed by atoms with van der Waals surface area (Å²) in [7, 11) is 0. The predicted molar refractivity (Wildman–Crippen MR) is 142 cm³/mol. The van der Waals surface area contributed by atoms with Crippen LogP contribution in [0, 0.1) is 18.2 Å². The normalized spacial score (nSPS) is 19.4. The lowest BCUT2D eigenvalue weighted by molar-refractivity contribution is -0.116. The number of ketones is 1. The van der Waals surface area contributed by atoms with E-state index in [0.29, 0.717) is 57.4 Å². The number of anilines is 1. The Morgan fingerprint density at radius 2 is 1.69 bits per heavy atom. The number of halogens is 3. The van der Waals surface area contributed by atoms with Gasteiger partial charge in [0.25, 0.3) is 0 Å². The highest BCUT2D eigenvalue weighted by atomic mass is 35.5. The van der Waals surface area contributed by atoms with E-state index in [1.807, 2.05) is 19.1 Å². The molecule has 1 unspecified atom stereocenters. The molecule has 2 N–H and O–H groups in total. The zero-order valence-corrected chi connectivity index (χ0v) is 21.0. The van der Waals surface area contributed by atoms with Crippen LogP contribution in [0.2, 0.25) is 10.0 Å². The van der Waals surface area contributed by atoms with Crippen molar-refractivity contribution in [1.82, 2.24) is 0 Å². The molecule has 0 saturated heterocycles. The summed E-state index contributed by atoms with van der Waals surface area (Å²) >= 11 is 12.5. The highest BCUT2D eigenvalue weighted by Crippen LogP contribution is 2.48. The van der Waals surface area contributed by atoms with E-state index < -0.39 is 11.7 Å². The van der Waals surface area contributed by atoms with Crippen molar-refractivity contribution in [1.29, 1.82) is 5.41 Å². The highest BCUT2D eigenvalue weighted by molar-refractivity contribution is 6.42. The van der Waals surface area contributed by atoms with Gasteiger partial charge in [-0.25, -0.2) is 4.39 Å². The molecule has 7 heteroatoms. The van der Waals surface area contributed by atoms with Crippen LogP contribution in [0.25, 0.3) is 5.76 Å². The monoisotopic (exact) mass is 520 g/mol. The molecule has 0 radical (unpaired) electrons. The Morgan fingerprint density at radius 3 is 2.36 bits per heavy atom. The Labute approximate surface area is 218 Å². The minimum Gasteiger partial charge on any atom is -0.507 e. The first-order chi connectivity index (χ1) is 17.3. The molecule has 1 aliphatic carbocycles. The van der Waals surface area contributed by atoms with Crippen molar-refractivity contribution in [2.75, 3.05) is 4.90 Å². The van der Waals surface area contributed by atoms with Gasteiger partial charge in [-0.2, -0.15) is 0 Å². The van der Waals surface area contributed by atoms with Crippen LogP contribution in [0.3, 0.4) is 0 Å². The first-order valence-corrected chi connectivity index (χ1v) is 12.4. The number of nitrogens with one attached hydrogen (secondary N) is 1. The van der Waals surface area contributed by atoms with E-state index in [0.717, 1.165) is 5.56 Å². The van der Waals surface area contributed by atoms with Gasteiger partial charge in [0.05, 0.1) is 10.0 Å². The minimum absolute atomic E-state index is 0.0224. The van der Waals surface area contributed by atoms with Crippen LogP contribution in [0.15, 0.2) is 83.6 Å². The Morgan fingerprint density at radius 1 is 1.00 bits per heavy atom. The van der Waals surface area contributed by atoms with Crippen molar-refractivity contribution in [2.24, 2.45) is 0 Å². The van der Waals surface area contributed by atoms with E-state index in [1.54, 1.807) is 47.4 Å². The first-order valence-electron chi connectivity index (χ1n) is 11.6. The lowest BCUT2D eigenvalue weighted by Crippen LogP contribution is -2.42. The molecule has 0 fully saturated rings. The van der Waals surface area contributed by atoms with Crippen molar-refractivity contribution in [3.05, 3.63) is 116 Å².